The molecule has 0 aromatic rings. The van der Waals surface area contributed by atoms with Gasteiger partial charge in [-0.25, -0.2) is 4.67 Å². The Morgan fingerprint density at radius 3 is 2.79 bits per heavy atom. The van der Waals surface area contributed by atoms with Crippen LogP contribution in [0, 0.1) is 0 Å². The first-order valence-corrected chi connectivity index (χ1v) is 7.79. The van der Waals surface area contributed by atoms with Crippen molar-refractivity contribution in [3.63, 3.8) is 0 Å². The van der Waals surface area contributed by atoms with Crippen LogP contribution in [0.25, 0.3) is 0 Å². The quantitative estimate of drug-likeness (QED) is 0.733. The van der Waals surface area contributed by atoms with E-state index in [1.807, 2.05) is 11.6 Å². The van der Waals surface area contributed by atoms with Crippen LogP contribution in [0.3, 0.4) is 0 Å². The summed E-state index contributed by atoms with van der Waals surface area (Å²) in [4.78, 5) is 9.80. The monoisotopic (exact) mass is 239 g/mol. The molecule has 0 saturated carbocycles. The molecule has 1 aliphatic heterocycles. The molecule has 0 aliphatic carbocycles. The first-order valence-electron chi connectivity index (χ1n) is 4.63. The van der Waals surface area contributed by atoms with E-state index in [0.717, 1.165) is 0 Å². The van der Waals surface area contributed by atoms with Gasteiger partial charge in [-0.2, -0.15) is 0 Å². The lowest BCUT2D eigenvalue weighted by Crippen LogP contribution is -2.46. The van der Waals surface area contributed by atoms with E-state index >= 15 is 0 Å². The minimum Gasteiger partial charge on any atom is -0.382 e. The molecule has 1 saturated heterocycles. The van der Waals surface area contributed by atoms with Crippen LogP contribution >= 0.6 is 6.42 Å². The molecule has 1 rings (SSSR count). The van der Waals surface area contributed by atoms with Gasteiger partial charge in [0.05, 0.1) is 18.8 Å². The smallest absolute Gasteiger partial charge is 0.126 e. The van der Waals surface area contributed by atoms with Crippen molar-refractivity contribution in [1.82, 2.24) is 4.67 Å². The molecular weight excluding hydrogens is 221 g/mol. The second-order valence-electron chi connectivity index (χ2n) is 3.73. The fourth-order valence-corrected chi connectivity index (χ4v) is 3.02. The van der Waals surface area contributed by atoms with Gasteiger partial charge in [0.25, 0.3) is 0 Å². The summed E-state index contributed by atoms with van der Waals surface area (Å²) in [6, 6.07) is 0. The summed E-state index contributed by atoms with van der Waals surface area (Å²) in [6.45, 7) is 5.65. The van der Waals surface area contributed by atoms with E-state index in [2.05, 4.69) is 0 Å². The average Bonchev–Trinajstić information content (AvgIpc) is 2.02. The van der Waals surface area contributed by atoms with Crippen molar-refractivity contribution in [1.29, 1.82) is 0 Å². The number of nitrogens with zero attached hydrogens (tertiary/aromatic N) is 1. The molecular formula is C8H18NO3PS. The maximum absolute atomic E-state index is 9.80. The zero-order valence-corrected chi connectivity index (χ0v) is 10.6. The molecule has 0 spiro atoms. The van der Waals surface area contributed by atoms with Crippen molar-refractivity contribution in [3.8, 4) is 0 Å². The van der Waals surface area contributed by atoms with E-state index in [0.29, 0.717) is 19.7 Å². The summed E-state index contributed by atoms with van der Waals surface area (Å²) in [6.07, 6.45) is -2.17. The van der Waals surface area contributed by atoms with E-state index < -0.39 is 6.42 Å². The third-order valence-corrected chi connectivity index (χ3v) is 4.25. The lowest BCUT2D eigenvalue weighted by atomic mass is 10.2. The summed E-state index contributed by atoms with van der Waals surface area (Å²) in [5.74, 6) is 0. The molecule has 0 amide bonds. The maximum Gasteiger partial charge on any atom is 0.126 e. The van der Waals surface area contributed by atoms with Gasteiger partial charge in [-0.05, 0) is 6.92 Å². The van der Waals surface area contributed by atoms with E-state index in [4.69, 9.17) is 21.3 Å². The van der Waals surface area contributed by atoms with Crippen LogP contribution in [-0.2, 0) is 21.3 Å². The van der Waals surface area contributed by atoms with Crippen molar-refractivity contribution >= 4 is 18.2 Å². The van der Waals surface area contributed by atoms with Crippen molar-refractivity contribution in [2.45, 2.75) is 19.1 Å². The van der Waals surface area contributed by atoms with Gasteiger partial charge in [0.15, 0.2) is 0 Å². The van der Waals surface area contributed by atoms with Crippen molar-refractivity contribution in [2.75, 3.05) is 33.5 Å². The van der Waals surface area contributed by atoms with Crippen LogP contribution in [-0.4, -0.2) is 55.2 Å². The fraction of sp³-hybridized carbons (Fsp3) is 1.00. The van der Waals surface area contributed by atoms with Crippen LogP contribution in [0.2, 0.25) is 0 Å². The van der Waals surface area contributed by atoms with Crippen LogP contribution < -0.4 is 0 Å². The summed E-state index contributed by atoms with van der Waals surface area (Å²) >= 11 is 5.09. The van der Waals surface area contributed by atoms with Gasteiger partial charge < -0.3 is 14.4 Å². The van der Waals surface area contributed by atoms with Crippen LogP contribution in [0.15, 0.2) is 0 Å². The van der Waals surface area contributed by atoms with Crippen molar-refractivity contribution in [3.05, 3.63) is 0 Å². The number of hydrogen-bond acceptors (Lipinski definition) is 3. The van der Waals surface area contributed by atoms with Crippen LogP contribution in [0.1, 0.15) is 6.92 Å². The Balaban J connectivity index is 2.58. The molecule has 1 N–H and O–H groups in total. The molecule has 84 valence electrons. The predicted molar refractivity (Wildman–Crippen MR) is 60.2 cm³/mol. The summed E-state index contributed by atoms with van der Waals surface area (Å²) < 4.78 is 12.6. The van der Waals surface area contributed by atoms with Gasteiger partial charge in [-0.15, -0.1) is 0 Å². The van der Waals surface area contributed by atoms with Gasteiger partial charge in [0.2, 0.25) is 0 Å². The van der Waals surface area contributed by atoms with Gasteiger partial charge in [0.1, 0.15) is 6.42 Å². The Labute approximate surface area is 90.3 Å². The Kier molecular flexibility index (Phi) is 4.50. The zero-order valence-electron chi connectivity index (χ0n) is 8.84. The SMILES string of the molecule is COCC1CN(P(C)(O)=S)C[C@H](C)O1. The number of hydrogen-bond donors (Lipinski definition) is 1. The Bertz CT molecular complexity index is 233. The van der Waals surface area contributed by atoms with Gasteiger partial charge in [-0.3, -0.25) is 0 Å². The highest BCUT2D eigenvalue weighted by Gasteiger charge is 2.30. The zero-order chi connectivity index (χ0) is 10.8. The fourth-order valence-electron chi connectivity index (χ4n) is 1.60. The highest BCUT2D eigenvalue weighted by Crippen LogP contribution is 2.42. The lowest BCUT2D eigenvalue weighted by Gasteiger charge is -2.39. The van der Waals surface area contributed by atoms with E-state index in [-0.39, 0.29) is 12.2 Å². The van der Waals surface area contributed by atoms with Crippen LogP contribution in [0.5, 0.6) is 0 Å². The largest absolute Gasteiger partial charge is 0.382 e. The van der Waals surface area contributed by atoms with Gasteiger partial charge in [0, 0.05) is 26.9 Å². The third kappa shape index (κ3) is 3.57. The molecule has 6 heteroatoms. The highest BCUT2D eigenvalue weighted by atomic mass is 32.4. The van der Waals surface area contributed by atoms with Crippen molar-refractivity contribution in [2.24, 2.45) is 0 Å². The second-order valence-corrected chi connectivity index (χ2v) is 8.04. The maximum atomic E-state index is 9.80. The summed E-state index contributed by atoms with van der Waals surface area (Å²) in [5, 5.41) is 0. The first kappa shape index (κ1) is 12.6. The highest BCUT2D eigenvalue weighted by molar-refractivity contribution is 8.10. The molecule has 0 radical (unpaired) electrons. The van der Waals surface area contributed by atoms with Crippen molar-refractivity contribution < 1.29 is 14.4 Å². The van der Waals surface area contributed by atoms with E-state index in [1.54, 1.807) is 13.8 Å². The topological polar surface area (TPSA) is 41.9 Å². The number of ether oxygens (including phenoxy) is 2. The molecule has 4 nitrogen and oxygen atoms in total. The number of methoxy groups -OCH3 is 1. The average molecular weight is 239 g/mol. The van der Waals surface area contributed by atoms with Crippen LogP contribution in [0.4, 0.5) is 0 Å². The van der Waals surface area contributed by atoms with E-state index in [9.17, 15) is 4.89 Å². The second kappa shape index (κ2) is 5.01. The third-order valence-electron chi connectivity index (χ3n) is 2.18. The van der Waals surface area contributed by atoms with Gasteiger partial charge in [-0.1, -0.05) is 11.8 Å². The van der Waals surface area contributed by atoms with E-state index in [1.165, 1.54) is 0 Å². The molecule has 0 aromatic heterocycles. The molecule has 2 unspecified atom stereocenters. The summed E-state index contributed by atoms with van der Waals surface area (Å²) in [5.41, 5.74) is 0. The molecule has 1 heterocycles. The minimum atomic E-state index is -2.31. The molecule has 14 heavy (non-hydrogen) atoms. The molecule has 0 aromatic carbocycles. The number of rotatable bonds is 3. The summed E-state index contributed by atoms with van der Waals surface area (Å²) in [7, 11) is 1.65. The predicted octanol–water partition coefficient (Wildman–Crippen LogP) is 0.654. The lowest BCUT2D eigenvalue weighted by molar-refractivity contribution is -0.0826. The Hall–Kier alpha value is 0.490. The Morgan fingerprint density at radius 2 is 2.29 bits per heavy atom. The Morgan fingerprint density at radius 1 is 1.64 bits per heavy atom. The molecule has 0 bridgehead atoms. The standard InChI is InChI=1S/C8H18NO3PS/c1-7-4-9(13(3,10)14)5-8(12-7)6-11-2/h7-8H,4-6H2,1-3H3,(H,10,14)/t7-,8?,13?/m0/s1. The molecule has 3 atom stereocenters. The molecule has 1 aliphatic rings. The number of morpholine rings is 1. The minimum absolute atomic E-state index is 0.0261. The molecule has 1 fully saturated rings. The first-order chi connectivity index (χ1) is 6.43. The normalized spacial score (nSPS) is 34.0. The van der Waals surface area contributed by atoms with Gasteiger partial charge >= 0.3 is 0 Å².